The second kappa shape index (κ2) is 13.2. The summed E-state index contributed by atoms with van der Waals surface area (Å²) in [4.78, 5) is 27.0. The van der Waals surface area contributed by atoms with Crippen molar-refractivity contribution in [3.8, 4) is 23.0 Å². The summed E-state index contributed by atoms with van der Waals surface area (Å²) in [7, 11) is 0.147. The fourth-order valence-electron chi connectivity index (χ4n) is 4.44. The minimum atomic E-state index is -1.59. The molecule has 2 rings (SSSR count). The summed E-state index contributed by atoms with van der Waals surface area (Å²) in [5.41, 5.74) is 2.72. The van der Waals surface area contributed by atoms with Gasteiger partial charge in [0.1, 0.15) is 0 Å². The maximum absolute atomic E-state index is 13.7. The molecule has 2 aromatic carbocycles. The van der Waals surface area contributed by atoms with Crippen molar-refractivity contribution in [2.75, 3.05) is 14.2 Å². The Morgan fingerprint density at radius 1 is 0.725 bits per heavy atom. The molecule has 40 heavy (non-hydrogen) atoms. The molecule has 6 nitrogen and oxygen atoms in total. The number of ether oxygens (including phenoxy) is 2. The van der Waals surface area contributed by atoms with Gasteiger partial charge in [-0.3, -0.25) is 9.59 Å². The molecule has 0 saturated carbocycles. The van der Waals surface area contributed by atoms with Gasteiger partial charge >= 0.3 is 0 Å². The second-order valence-corrected chi connectivity index (χ2v) is 17.4. The van der Waals surface area contributed by atoms with Gasteiger partial charge in [0.15, 0.2) is 34.6 Å². The number of hydrogen-bond acceptors (Lipinski definition) is 6. The third-order valence-electron chi connectivity index (χ3n) is 6.50. The van der Waals surface area contributed by atoms with Crippen LogP contribution in [0, 0.1) is 5.92 Å². The highest BCUT2D eigenvalue weighted by molar-refractivity contribution is 6.49. The van der Waals surface area contributed by atoms with Crippen LogP contribution in [0.5, 0.6) is 23.0 Å². The van der Waals surface area contributed by atoms with E-state index in [2.05, 4.69) is 54.6 Å². The first-order valence-corrected chi connectivity index (χ1v) is 19.5. The highest BCUT2D eigenvalue weighted by atomic mass is 28.3. The average molecular weight is 585 g/mol. The van der Waals surface area contributed by atoms with Crippen LogP contribution in [0.25, 0.3) is 6.08 Å². The van der Waals surface area contributed by atoms with Gasteiger partial charge in [-0.05, 0) is 62.2 Å². The smallest absolute Gasteiger partial charge is 0.229 e. The van der Waals surface area contributed by atoms with Gasteiger partial charge in [-0.1, -0.05) is 59.7 Å². The lowest BCUT2D eigenvalue weighted by Gasteiger charge is -2.26. The average Bonchev–Trinajstić information content (AvgIpc) is 2.84. The molecule has 0 heterocycles. The van der Waals surface area contributed by atoms with Crippen molar-refractivity contribution in [1.29, 1.82) is 0 Å². The number of rotatable bonds is 11. The van der Waals surface area contributed by atoms with E-state index in [1.54, 1.807) is 33.3 Å². The van der Waals surface area contributed by atoms with Gasteiger partial charge in [-0.15, -0.1) is 0 Å². The Bertz CT molecular complexity index is 1250. The fraction of sp³-hybridized carbons (Fsp3) is 0.500. The largest absolute Gasteiger partial charge is 0.544 e. The van der Waals surface area contributed by atoms with Crippen LogP contribution >= 0.6 is 0 Å². The monoisotopic (exact) mass is 584 g/mol. The Balaban J connectivity index is 2.52. The number of carbonyl (C=O) groups excluding carboxylic acids is 2. The van der Waals surface area contributed by atoms with E-state index in [1.165, 1.54) is 6.08 Å². The Morgan fingerprint density at radius 2 is 1.18 bits per heavy atom. The van der Waals surface area contributed by atoms with Crippen molar-refractivity contribution in [2.45, 2.75) is 85.5 Å². The van der Waals surface area contributed by atoms with Crippen LogP contribution in [0.3, 0.4) is 0 Å². The van der Waals surface area contributed by atoms with Gasteiger partial charge in [0, 0.05) is 16.7 Å². The van der Waals surface area contributed by atoms with E-state index in [4.69, 9.17) is 18.3 Å². The molecule has 0 spiro atoms. The Kier molecular flexibility index (Phi) is 11.0. The number of Topliss-reactive ketones (excluding diaryl/α,β-unsaturated/α-hetero) is 1. The van der Waals surface area contributed by atoms with Crippen molar-refractivity contribution in [2.24, 2.45) is 5.92 Å². The molecule has 0 fully saturated rings. The molecular weight excluding hydrogens is 537 g/mol. The third kappa shape index (κ3) is 7.88. The predicted molar refractivity (Wildman–Crippen MR) is 170 cm³/mol. The molecular formula is C32H48O6Si2. The number of carbonyl (C=O) groups is 2. The Hall–Kier alpha value is -2.85. The fourth-order valence-corrected chi connectivity index (χ4v) is 5.86. The molecule has 1 atom stereocenters. The van der Waals surface area contributed by atoms with Crippen LogP contribution in [-0.4, -0.2) is 43.9 Å². The van der Waals surface area contributed by atoms with Crippen molar-refractivity contribution >= 4 is 35.7 Å². The van der Waals surface area contributed by atoms with E-state index in [0.29, 0.717) is 28.6 Å². The van der Waals surface area contributed by atoms with E-state index in [-0.39, 0.29) is 22.4 Å². The summed E-state index contributed by atoms with van der Waals surface area (Å²) < 4.78 is 24.1. The van der Waals surface area contributed by atoms with Gasteiger partial charge in [0.25, 0.3) is 0 Å². The number of benzene rings is 2. The molecule has 8 heteroatoms. The Labute approximate surface area is 244 Å². The maximum Gasteiger partial charge on any atom is 0.229 e. The Morgan fingerprint density at radius 3 is 1.62 bits per heavy atom. The lowest BCUT2D eigenvalue weighted by Crippen LogP contribution is -2.23. The maximum atomic E-state index is 13.7. The van der Waals surface area contributed by atoms with Crippen LogP contribution in [0.4, 0.5) is 0 Å². The highest BCUT2D eigenvalue weighted by Crippen LogP contribution is 2.43. The molecule has 0 bridgehead atoms. The van der Waals surface area contributed by atoms with Crippen LogP contribution < -0.4 is 18.3 Å². The second-order valence-electron chi connectivity index (χ2n) is 12.7. The number of allylic oxidation sites excluding steroid dienone is 1. The van der Waals surface area contributed by atoms with Gasteiger partial charge in [0.05, 0.1) is 25.7 Å². The van der Waals surface area contributed by atoms with Crippen molar-refractivity contribution < 1.29 is 27.9 Å². The van der Waals surface area contributed by atoms with Crippen LogP contribution in [-0.2, 0) is 15.6 Å². The summed E-state index contributed by atoms with van der Waals surface area (Å²) in [5.74, 6) is 0.800. The van der Waals surface area contributed by atoms with Crippen molar-refractivity contribution in [1.82, 2.24) is 0 Å². The lowest BCUT2D eigenvalue weighted by molar-refractivity contribution is -0.116. The minimum absolute atomic E-state index is 0.150. The predicted octanol–water partition coefficient (Wildman–Crippen LogP) is 7.12. The first-order chi connectivity index (χ1) is 18.4. The molecule has 0 saturated heterocycles. The van der Waals surface area contributed by atoms with Crippen LogP contribution in [0.15, 0.2) is 30.3 Å². The number of ketones is 2. The molecule has 0 aliphatic heterocycles. The van der Waals surface area contributed by atoms with E-state index >= 15 is 0 Å². The zero-order chi connectivity index (χ0) is 30.6. The zero-order valence-corrected chi connectivity index (χ0v) is 29.0. The standard InChI is InChI=1S/C32H48O6Si2/c1-20(26(34)22-16-18-24(32(5,6)7)30(36-9)28(22)38-40(12)13)25(33)19-15-21-14-17-23(31(2,3)4)29(35-8)27(21)37-39(10)11/h14-20,39-40H,1-13H3. The molecule has 2 aromatic rings. The summed E-state index contributed by atoms with van der Waals surface area (Å²) in [5, 5.41) is 0. The summed E-state index contributed by atoms with van der Waals surface area (Å²) in [6.07, 6.45) is 3.18. The summed E-state index contributed by atoms with van der Waals surface area (Å²) >= 11 is 0. The van der Waals surface area contributed by atoms with E-state index in [9.17, 15) is 9.59 Å². The SMILES string of the molecule is COc1c(C(C)(C)C)ccc(C=CC(=O)C(C)C(=O)c2ccc(C(C)(C)C)c(OC)c2O[SiH](C)C)c1O[SiH](C)C. The first-order valence-electron chi connectivity index (χ1n) is 14.0. The quantitative estimate of drug-likeness (QED) is 0.121. The molecule has 0 radical (unpaired) electrons. The molecule has 0 N–H and O–H groups in total. The molecule has 0 amide bonds. The van der Waals surface area contributed by atoms with Gasteiger partial charge < -0.3 is 18.3 Å². The van der Waals surface area contributed by atoms with Gasteiger partial charge in [-0.25, -0.2) is 0 Å². The number of methoxy groups -OCH3 is 2. The van der Waals surface area contributed by atoms with Gasteiger partial charge in [0.2, 0.25) is 18.1 Å². The highest BCUT2D eigenvalue weighted by Gasteiger charge is 2.30. The van der Waals surface area contributed by atoms with E-state index < -0.39 is 24.0 Å². The lowest BCUT2D eigenvalue weighted by atomic mass is 9.84. The first kappa shape index (κ1) is 33.4. The van der Waals surface area contributed by atoms with Crippen LogP contribution in [0.2, 0.25) is 26.2 Å². The van der Waals surface area contributed by atoms with E-state index in [0.717, 1.165) is 16.7 Å². The number of hydrogen-bond donors (Lipinski definition) is 0. The zero-order valence-electron chi connectivity index (χ0n) is 26.6. The molecule has 0 aliphatic rings. The topological polar surface area (TPSA) is 71.1 Å². The van der Waals surface area contributed by atoms with E-state index in [1.807, 2.05) is 31.3 Å². The van der Waals surface area contributed by atoms with Crippen LogP contribution in [0.1, 0.15) is 75.5 Å². The normalized spacial score (nSPS) is 13.1. The summed E-state index contributed by atoms with van der Waals surface area (Å²) in [6.45, 7) is 22.5. The minimum Gasteiger partial charge on any atom is -0.544 e. The van der Waals surface area contributed by atoms with Crippen molar-refractivity contribution in [3.05, 3.63) is 52.6 Å². The third-order valence-corrected chi connectivity index (χ3v) is 7.91. The molecule has 1 unspecified atom stereocenters. The van der Waals surface area contributed by atoms with Crippen molar-refractivity contribution in [3.63, 3.8) is 0 Å². The molecule has 0 aromatic heterocycles. The summed E-state index contributed by atoms with van der Waals surface area (Å²) in [6, 6.07) is 7.62. The molecule has 0 aliphatic carbocycles. The van der Waals surface area contributed by atoms with Gasteiger partial charge in [-0.2, -0.15) is 0 Å². The molecule has 220 valence electrons.